The summed E-state index contributed by atoms with van der Waals surface area (Å²) in [6.07, 6.45) is 2.64. The summed E-state index contributed by atoms with van der Waals surface area (Å²) in [5.74, 6) is 1.93. The van der Waals surface area contributed by atoms with E-state index < -0.39 is 0 Å². The van der Waals surface area contributed by atoms with E-state index >= 15 is 0 Å². The summed E-state index contributed by atoms with van der Waals surface area (Å²) in [4.78, 5) is 17.3. The van der Waals surface area contributed by atoms with Gasteiger partial charge in [0.05, 0.1) is 17.6 Å². The van der Waals surface area contributed by atoms with Gasteiger partial charge in [0.25, 0.3) is 5.91 Å². The molecular formula is C29H33N3O2. The summed E-state index contributed by atoms with van der Waals surface area (Å²) >= 11 is 0. The number of para-hydroxylation sites is 2. The van der Waals surface area contributed by atoms with Gasteiger partial charge in [-0.1, -0.05) is 42.0 Å². The highest BCUT2D eigenvalue weighted by atomic mass is 16.5. The monoisotopic (exact) mass is 455 g/mol. The molecule has 176 valence electrons. The molecule has 0 saturated heterocycles. The van der Waals surface area contributed by atoms with Gasteiger partial charge in [-0.2, -0.15) is 0 Å². The predicted octanol–water partition coefficient (Wildman–Crippen LogP) is 5.79. The predicted molar refractivity (Wildman–Crippen MR) is 138 cm³/mol. The molecular weight excluding hydrogens is 422 g/mol. The lowest BCUT2D eigenvalue weighted by molar-refractivity contribution is 0.0954. The molecule has 3 aromatic carbocycles. The van der Waals surface area contributed by atoms with Crippen molar-refractivity contribution >= 4 is 16.9 Å². The van der Waals surface area contributed by atoms with Crippen LogP contribution in [-0.4, -0.2) is 28.6 Å². The second-order valence-electron chi connectivity index (χ2n) is 8.80. The summed E-state index contributed by atoms with van der Waals surface area (Å²) in [6.45, 7) is 8.32. The number of fused-ring (bicyclic) bond motifs is 1. The number of hydrogen-bond donors (Lipinski definition) is 1. The molecule has 4 rings (SSSR count). The van der Waals surface area contributed by atoms with Crippen LogP contribution in [0, 0.1) is 20.8 Å². The van der Waals surface area contributed by atoms with Crippen molar-refractivity contribution in [1.82, 2.24) is 14.9 Å². The van der Waals surface area contributed by atoms with E-state index in [4.69, 9.17) is 9.72 Å². The van der Waals surface area contributed by atoms with E-state index in [2.05, 4.69) is 35.9 Å². The number of benzene rings is 3. The Hall–Kier alpha value is -3.60. The van der Waals surface area contributed by atoms with E-state index in [9.17, 15) is 4.79 Å². The number of ether oxygens (including phenoxy) is 1. The van der Waals surface area contributed by atoms with Gasteiger partial charge in [-0.3, -0.25) is 4.79 Å². The van der Waals surface area contributed by atoms with E-state index in [1.165, 1.54) is 11.1 Å². The van der Waals surface area contributed by atoms with Crippen LogP contribution in [0.25, 0.3) is 11.0 Å². The second-order valence-corrected chi connectivity index (χ2v) is 8.80. The first-order chi connectivity index (χ1) is 16.5. The minimum absolute atomic E-state index is 0.0463. The van der Waals surface area contributed by atoms with Gasteiger partial charge < -0.3 is 14.6 Å². The van der Waals surface area contributed by atoms with Gasteiger partial charge in [-0.25, -0.2) is 4.98 Å². The molecule has 0 aliphatic rings. The summed E-state index contributed by atoms with van der Waals surface area (Å²) < 4.78 is 8.31. The van der Waals surface area contributed by atoms with Crippen molar-refractivity contribution in [1.29, 1.82) is 0 Å². The van der Waals surface area contributed by atoms with Crippen LogP contribution in [0.1, 0.15) is 45.7 Å². The number of rotatable bonds is 10. The summed E-state index contributed by atoms with van der Waals surface area (Å²) in [6, 6.07) is 22.1. The zero-order valence-corrected chi connectivity index (χ0v) is 20.3. The quantitative estimate of drug-likeness (QED) is 0.308. The maximum absolute atomic E-state index is 12.5. The van der Waals surface area contributed by atoms with E-state index in [0.29, 0.717) is 25.1 Å². The van der Waals surface area contributed by atoms with Gasteiger partial charge in [0.1, 0.15) is 11.6 Å². The maximum atomic E-state index is 12.5. The van der Waals surface area contributed by atoms with Crippen LogP contribution in [0.4, 0.5) is 0 Å². The topological polar surface area (TPSA) is 56.2 Å². The van der Waals surface area contributed by atoms with Crippen molar-refractivity contribution in [3.63, 3.8) is 0 Å². The molecule has 0 aliphatic heterocycles. The Balaban J connectivity index is 1.34. The Labute approximate surface area is 201 Å². The Morgan fingerprint density at radius 2 is 1.79 bits per heavy atom. The number of carbonyl (C=O) groups is 1. The molecule has 1 amide bonds. The van der Waals surface area contributed by atoms with Crippen LogP contribution in [0.15, 0.2) is 66.7 Å². The number of amides is 1. The van der Waals surface area contributed by atoms with Crippen molar-refractivity contribution in [2.24, 2.45) is 0 Å². The third-order valence-electron chi connectivity index (χ3n) is 6.24. The number of carbonyl (C=O) groups excluding carboxylic acids is 1. The smallest absolute Gasteiger partial charge is 0.251 e. The van der Waals surface area contributed by atoms with Crippen molar-refractivity contribution in [3.8, 4) is 5.75 Å². The Morgan fingerprint density at radius 3 is 2.65 bits per heavy atom. The summed E-state index contributed by atoms with van der Waals surface area (Å²) in [5, 5.41) is 3.04. The normalized spacial score (nSPS) is 11.0. The third-order valence-corrected chi connectivity index (χ3v) is 6.24. The Morgan fingerprint density at radius 1 is 0.971 bits per heavy atom. The standard InChI is InChI=1S/C29H33N3O2/c1-21-10-8-12-24(20-21)29(33)30-17-16-28-31-25-13-4-5-14-26(25)32(28)18-6-7-19-34-27-15-9-11-22(2)23(27)3/h4-5,8-15,20H,6-7,16-19H2,1-3H3,(H,30,33). The fourth-order valence-electron chi connectivity index (χ4n) is 4.18. The molecule has 0 unspecified atom stereocenters. The van der Waals surface area contributed by atoms with Gasteiger partial charge >= 0.3 is 0 Å². The minimum Gasteiger partial charge on any atom is -0.493 e. The zero-order valence-electron chi connectivity index (χ0n) is 20.3. The van der Waals surface area contributed by atoms with E-state index in [0.717, 1.165) is 47.6 Å². The molecule has 0 aliphatic carbocycles. The fourth-order valence-corrected chi connectivity index (χ4v) is 4.18. The first-order valence-electron chi connectivity index (χ1n) is 12.0. The number of aryl methyl sites for hydroxylation is 3. The third kappa shape index (κ3) is 5.66. The first kappa shape index (κ1) is 23.6. The van der Waals surface area contributed by atoms with Crippen LogP contribution in [0.3, 0.4) is 0 Å². The number of nitrogens with zero attached hydrogens (tertiary/aromatic N) is 2. The van der Waals surface area contributed by atoms with Crippen LogP contribution < -0.4 is 10.1 Å². The lowest BCUT2D eigenvalue weighted by Gasteiger charge is -2.12. The van der Waals surface area contributed by atoms with Gasteiger partial charge in [-0.05, 0) is 75.1 Å². The summed E-state index contributed by atoms with van der Waals surface area (Å²) in [5.41, 5.74) is 6.36. The molecule has 0 bridgehead atoms. The van der Waals surface area contributed by atoms with Crippen molar-refractivity contribution in [2.75, 3.05) is 13.2 Å². The molecule has 0 spiro atoms. The lowest BCUT2D eigenvalue weighted by Crippen LogP contribution is -2.26. The van der Waals surface area contributed by atoms with Gasteiger partial charge in [0, 0.05) is 25.1 Å². The average molecular weight is 456 g/mol. The molecule has 0 radical (unpaired) electrons. The molecule has 4 aromatic rings. The number of aromatic nitrogens is 2. The van der Waals surface area contributed by atoms with E-state index in [1.807, 2.05) is 61.5 Å². The van der Waals surface area contributed by atoms with Crippen LogP contribution >= 0.6 is 0 Å². The average Bonchev–Trinajstić information content (AvgIpc) is 3.18. The molecule has 0 atom stereocenters. The van der Waals surface area contributed by atoms with E-state index in [1.54, 1.807) is 0 Å². The molecule has 0 fully saturated rings. The molecule has 5 nitrogen and oxygen atoms in total. The highest BCUT2D eigenvalue weighted by Crippen LogP contribution is 2.21. The number of imidazole rings is 1. The number of hydrogen-bond acceptors (Lipinski definition) is 3. The fraction of sp³-hybridized carbons (Fsp3) is 0.310. The summed E-state index contributed by atoms with van der Waals surface area (Å²) in [7, 11) is 0. The molecule has 1 N–H and O–H groups in total. The molecule has 1 heterocycles. The Bertz CT molecular complexity index is 1280. The van der Waals surface area contributed by atoms with Crippen LogP contribution in [-0.2, 0) is 13.0 Å². The van der Waals surface area contributed by atoms with Gasteiger partial charge in [0.2, 0.25) is 0 Å². The van der Waals surface area contributed by atoms with Gasteiger partial charge in [-0.15, -0.1) is 0 Å². The number of nitrogens with one attached hydrogen (secondary N) is 1. The van der Waals surface area contributed by atoms with Crippen LogP contribution in [0.2, 0.25) is 0 Å². The second kappa shape index (κ2) is 11.0. The van der Waals surface area contributed by atoms with Crippen LogP contribution in [0.5, 0.6) is 5.75 Å². The first-order valence-corrected chi connectivity index (χ1v) is 12.0. The highest BCUT2D eigenvalue weighted by molar-refractivity contribution is 5.94. The molecule has 34 heavy (non-hydrogen) atoms. The van der Waals surface area contributed by atoms with Crippen molar-refractivity contribution < 1.29 is 9.53 Å². The Kier molecular flexibility index (Phi) is 7.63. The molecule has 1 aromatic heterocycles. The SMILES string of the molecule is Cc1cccc(C(=O)NCCc2nc3ccccc3n2CCCCOc2cccc(C)c2C)c1. The zero-order chi connectivity index (χ0) is 23.9. The van der Waals surface area contributed by atoms with Crippen molar-refractivity contribution in [2.45, 2.75) is 46.6 Å². The maximum Gasteiger partial charge on any atom is 0.251 e. The number of unbranched alkanes of at least 4 members (excludes halogenated alkanes) is 1. The largest absolute Gasteiger partial charge is 0.493 e. The van der Waals surface area contributed by atoms with Crippen molar-refractivity contribution in [3.05, 3.63) is 94.8 Å². The molecule has 0 saturated carbocycles. The van der Waals surface area contributed by atoms with Gasteiger partial charge in [0.15, 0.2) is 0 Å². The minimum atomic E-state index is -0.0463. The van der Waals surface area contributed by atoms with E-state index in [-0.39, 0.29) is 5.91 Å². The highest BCUT2D eigenvalue weighted by Gasteiger charge is 2.12. The molecule has 5 heteroatoms. The lowest BCUT2D eigenvalue weighted by atomic mass is 10.1.